The van der Waals surface area contributed by atoms with E-state index >= 15 is 0 Å². The fourth-order valence-electron chi connectivity index (χ4n) is 5.31. The summed E-state index contributed by atoms with van der Waals surface area (Å²) < 4.78 is 5.60. The summed E-state index contributed by atoms with van der Waals surface area (Å²) in [7, 11) is 0. The minimum Gasteiger partial charge on any atom is -0.482 e. The van der Waals surface area contributed by atoms with Crippen LogP contribution in [0.15, 0.2) is 18.2 Å². The molecule has 2 saturated heterocycles. The van der Waals surface area contributed by atoms with Crippen LogP contribution < -0.4 is 15.4 Å². The van der Waals surface area contributed by atoms with Crippen molar-refractivity contribution in [1.82, 2.24) is 15.5 Å². The Kier molecular flexibility index (Phi) is 7.44. The molecule has 8 nitrogen and oxygen atoms in total. The molecule has 3 amide bonds. The molecular formula is C23H27Cl2N3O5. The summed E-state index contributed by atoms with van der Waals surface area (Å²) in [4.78, 5) is 51.4. The Bertz CT molecular complexity index is 943. The minimum absolute atomic E-state index is 0.0511. The van der Waals surface area contributed by atoms with Crippen molar-refractivity contribution in [2.24, 2.45) is 17.8 Å². The number of rotatable bonds is 8. The van der Waals surface area contributed by atoms with Gasteiger partial charge in [0.25, 0.3) is 5.91 Å². The van der Waals surface area contributed by atoms with Gasteiger partial charge >= 0.3 is 0 Å². The Morgan fingerprint density at radius 2 is 2.09 bits per heavy atom. The number of ether oxygens (including phenoxy) is 1. The number of fused-ring (bicyclic) bond motifs is 1. The van der Waals surface area contributed by atoms with E-state index in [1.54, 1.807) is 17.0 Å². The van der Waals surface area contributed by atoms with Gasteiger partial charge in [0.2, 0.25) is 11.8 Å². The Labute approximate surface area is 202 Å². The molecule has 0 bridgehead atoms. The highest BCUT2D eigenvalue weighted by Crippen LogP contribution is 2.42. The number of benzene rings is 1. The lowest BCUT2D eigenvalue weighted by Crippen LogP contribution is -2.52. The number of carbonyl (C=O) groups is 4. The zero-order valence-corrected chi connectivity index (χ0v) is 19.6. The van der Waals surface area contributed by atoms with Crippen LogP contribution in [0.1, 0.15) is 32.1 Å². The van der Waals surface area contributed by atoms with Gasteiger partial charge in [-0.1, -0.05) is 29.6 Å². The summed E-state index contributed by atoms with van der Waals surface area (Å²) in [6.45, 7) is 0.801. The first-order valence-corrected chi connectivity index (χ1v) is 12.0. The van der Waals surface area contributed by atoms with Crippen molar-refractivity contribution in [3.05, 3.63) is 28.2 Å². The molecule has 0 spiro atoms. The van der Waals surface area contributed by atoms with Gasteiger partial charge in [0.15, 0.2) is 6.61 Å². The molecule has 178 valence electrons. The van der Waals surface area contributed by atoms with Gasteiger partial charge in [-0.2, -0.15) is 0 Å². The Morgan fingerprint density at radius 3 is 2.79 bits per heavy atom. The molecular weight excluding hydrogens is 469 g/mol. The SMILES string of the molecule is O=C[C@@H](C[C@H]1CCNC1=O)NC(=O)[C@H]1[C@@H]2CCC[C@@H]2CN1C(=O)COc1ccc(Cl)cc1Cl. The van der Waals surface area contributed by atoms with E-state index in [1.807, 2.05) is 0 Å². The monoisotopic (exact) mass is 495 g/mol. The highest BCUT2D eigenvalue weighted by atomic mass is 35.5. The fraction of sp³-hybridized carbons (Fsp3) is 0.565. The largest absolute Gasteiger partial charge is 0.482 e. The van der Waals surface area contributed by atoms with E-state index in [9.17, 15) is 19.2 Å². The lowest BCUT2D eigenvalue weighted by atomic mass is 9.92. The maximum Gasteiger partial charge on any atom is 0.261 e. The van der Waals surface area contributed by atoms with Gasteiger partial charge in [0.05, 0.1) is 11.1 Å². The van der Waals surface area contributed by atoms with Gasteiger partial charge < -0.3 is 25.1 Å². The molecule has 10 heteroatoms. The molecule has 2 heterocycles. The third-order valence-electron chi connectivity index (χ3n) is 6.92. The number of carbonyl (C=O) groups excluding carboxylic acids is 4. The smallest absolute Gasteiger partial charge is 0.261 e. The number of halogens is 2. The maximum atomic E-state index is 13.3. The average molecular weight is 496 g/mol. The van der Waals surface area contributed by atoms with Crippen molar-refractivity contribution in [2.45, 2.75) is 44.2 Å². The van der Waals surface area contributed by atoms with Gasteiger partial charge in [-0.05, 0) is 55.7 Å². The number of aldehydes is 1. The highest BCUT2D eigenvalue weighted by molar-refractivity contribution is 6.35. The summed E-state index contributed by atoms with van der Waals surface area (Å²) in [6.07, 6.45) is 4.39. The summed E-state index contributed by atoms with van der Waals surface area (Å²) in [6, 6.07) is 3.31. The van der Waals surface area contributed by atoms with Crippen molar-refractivity contribution < 1.29 is 23.9 Å². The number of hydrogen-bond acceptors (Lipinski definition) is 5. The van der Waals surface area contributed by atoms with Crippen LogP contribution in [0.25, 0.3) is 0 Å². The van der Waals surface area contributed by atoms with Crippen LogP contribution in [0.4, 0.5) is 0 Å². The van der Waals surface area contributed by atoms with Crippen LogP contribution in [0.3, 0.4) is 0 Å². The molecule has 0 unspecified atom stereocenters. The van der Waals surface area contributed by atoms with E-state index in [1.165, 1.54) is 6.07 Å². The summed E-state index contributed by atoms with van der Waals surface area (Å²) in [5.74, 6) is -0.410. The molecule has 1 aromatic rings. The number of nitrogens with one attached hydrogen (secondary N) is 2. The molecule has 2 N–H and O–H groups in total. The molecule has 1 aromatic carbocycles. The molecule has 4 rings (SSSR count). The van der Waals surface area contributed by atoms with Gasteiger partial charge in [0.1, 0.15) is 18.1 Å². The first-order valence-electron chi connectivity index (χ1n) is 11.3. The predicted octanol–water partition coefficient (Wildman–Crippen LogP) is 2.21. The maximum absolute atomic E-state index is 13.3. The number of likely N-dealkylation sites (tertiary alicyclic amines) is 1. The minimum atomic E-state index is -0.770. The third kappa shape index (κ3) is 5.27. The van der Waals surface area contributed by atoms with Gasteiger partial charge in [-0.3, -0.25) is 14.4 Å². The topological polar surface area (TPSA) is 105 Å². The Hall–Kier alpha value is -2.32. The van der Waals surface area contributed by atoms with Crippen molar-refractivity contribution in [3.8, 4) is 5.75 Å². The van der Waals surface area contributed by atoms with Gasteiger partial charge in [-0.25, -0.2) is 0 Å². The Balaban J connectivity index is 1.42. The zero-order valence-electron chi connectivity index (χ0n) is 18.1. The molecule has 3 fully saturated rings. The first-order chi connectivity index (χ1) is 15.9. The van der Waals surface area contributed by atoms with E-state index in [0.29, 0.717) is 41.6 Å². The second-order valence-corrected chi connectivity index (χ2v) is 9.82. The van der Waals surface area contributed by atoms with Gasteiger partial charge in [-0.15, -0.1) is 0 Å². The van der Waals surface area contributed by atoms with E-state index < -0.39 is 12.1 Å². The van der Waals surface area contributed by atoms with Crippen LogP contribution in [-0.4, -0.2) is 60.7 Å². The first kappa shape index (κ1) is 23.8. The van der Waals surface area contributed by atoms with Crippen LogP contribution in [-0.2, 0) is 19.2 Å². The van der Waals surface area contributed by atoms with E-state index in [-0.39, 0.29) is 48.5 Å². The van der Waals surface area contributed by atoms with Gasteiger partial charge in [0, 0.05) is 24.0 Å². The zero-order chi connectivity index (χ0) is 23.5. The Morgan fingerprint density at radius 1 is 1.27 bits per heavy atom. The van der Waals surface area contributed by atoms with Crippen LogP contribution in [0.2, 0.25) is 10.0 Å². The predicted molar refractivity (Wildman–Crippen MR) is 122 cm³/mol. The number of hydrogen-bond donors (Lipinski definition) is 2. The highest BCUT2D eigenvalue weighted by Gasteiger charge is 2.49. The number of amides is 3. The van der Waals surface area contributed by atoms with Crippen molar-refractivity contribution in [2.75, 3.05) is 19.7 Å². The number of nitrogens with zero attached hydrogens (tertiary/aromatic N) is 1. The molecule has 1 saturated carbocycles. The summed E-state index contributed by atoms with van der Waals surface area (Å²) in [5.41, 5.74) is 0. The average Bonchev–Trinajstić information content (AvgIpc) is 3.48. The normalized spacial score (nSPS) is 27.1. The van der Waals surface area contributed by atoms with Crippen LogP contribution >= 0.6 is 23.2 Å². The molecule has 0 aromatic heterocycles. The molecule has 2 aliphatic heterocycles. The summed E-state index contributed by atoms with van der Waals surface area (Å²) in [5, 5.41) is 6.29. The molecule has 3 aliphatic rings. The second kappa shape index (κ2) is 10.3. The van der Waals surface area contributed by atoms with E-state index in [4.69, 9.17) is 27.9 Å². The van der Waals surface area contributed by atoms with E-state index in [0.717, 1.165) is 19.3 Å². The van der Waals surface area contributed by atoms with E-state index in [2.05, 4.69) is 10.6 Å². The summed E-state index contributed by atoms with van der Waals surface area (Å²) >= 11 is 12.0. The molecule has 33 heavy (non-hydrogen) atoms. The third-order valence-corrected chi connectivity index (χ3v) is 7.45. The van der Waals surface area contributed by atoms with Crippen molar-refractivity contribution in [3.63, 3.8) is 0 Å². The lowest BCUT2D eigenvalue weighted by molar-refractivity contribution is -0.141. The molecule has 0 radical (unpaired) electrons. The standard InChI is InChI=1S/C23H27Cl2N3O5/c24-15-4-5-19(18(25)9-15)33-12-20(30)28-10-14-2-1-3-17(14)21(28)23(32)27-16(11-29)8-13-6-7-26-22(13)31/h4-5,9,11,13-14,16-17,21H,1-3,6-8,10,12H2,(H,26,31)(H,27,32)/t13-,14-,16-,17-,21-/m1/s1. The second-order valence-electron chi connectivity index (χ2n) is 8.97. The van der Waals surface area contributed by atoms with Crippen molar-refractivity contribution >= 4 is 47.2 Å². The molecule has 1 aliphatic carbocycles. The van der Waals surface area contributed by atoms with Crippen LogP contribution in [0.5, 0.6) is 5.75 Å². The lowest BCUT2D eigenvalue weighted by Gasteiger charge is -2.28. The van der Waals surface area contributed by atoms with Crippen LogP contribution in [0, 0.1) is 17.8 Å². The van der Waals surface area contributed by atoms with Crippen molar-refractivity contribution in [1.29, 1.82) is 0 Å². The molecule has 5 atom stereocenters. The fourth-order valence-corrected chi connectivity index (χ4v) is 5.77. The quantitative estimate of drug-likeness (QED) is 0.537.